The second-order valence-corrected chi connectivity index (χ2v) is 3.40. The molecule has 2 heterocycles. The van der Waals surface area contributed by atoms with Gasteiger partial charge in [0.25, 0.3) is 5.56 Å². The Morgan fingerprint density at radius 1 is 1.69 bits per heavy atom. The number of hydrogen-bond donors (Lipinski definition) is 1. The fourth-order valence-corrected chi connectivity index (χ4v) is 1.78. The molecule has 0 aliphatic carbocycles. The van der Waals surface area contributed by atoms with E-state index < -0.39 is 0 Å². The summed E-state index contributed by atoms with van der Waals surface area (Å²) in [5, 5.41) is 2.85. The van der Waals surface area contributed by atoms with Crippen LogP contribution in [0.3, 0.4) is 0 Å². The minimum Gasteiger partial charge on any atom is -0.382 e. The van der Waals surface area contributed by atoms with Crippen molar-refractivity contribution in [3.8, 4) is 0 Å². The van der Waals surface area contributed by atoms with Crippen LogP contribution in [0.15, 0.2) is 11.0 Å². The van der Waals surface area contributed by atoms with Crippen molar-refractivity contribution in [2.75, 3.05) is 12.4 Å². The summed E-state index contributed by atoms with van der Waals surface area (Å²) in [6.07, 6.45) is 3.56. The molecule has 0 bridgehead atoms. The third kappa shape index (κ3) is 1.13. The maximum atomic E-state index is 11.8. The van der Waals surface area contributed by atoms with Crippen molar-refractivity contribution in [2.45, 2.75) is 25.8 Å². The molecular weight excluding hydrogens is 166 g/mol. The number of aryl methyl sites for hydroxylation is 1. The normalized spacial score (nSPS) is 20.0. The smallest absolute Gasteiger partial charge is 0.277 e. The predicted molar refractivity (Wildman–Crippen MR) is 51.1 cm³/mol. The molecule has 1 unspecified atom stereocenters. The van der Waals surface area contributed by atoms with E-state index in [2.05, 4.69) is 17.2 Å². The van der Waals surface area contributed by atoms with Crippen LogP contribution in [-0.2, 0) is 6.42 Å². The third-order valence-corrected chi connectivity index (χ3v) is 2.57. The Balaban J connectivity index is 2.63. The summed E-state index contributed by atoms with van der Waals surface area (Å²) in [4.78, 5) is 16.0. The second-order valence-electron chi connectivity index (χ2n) is 3.40. The first-order valence-corrected chi connectivity index (χ1v) is 4.52. The van der Waals surface area contributed by atoms with Gasteiger partial charge >= 0.3 is 0 Å². The summed E-state index contributed by atoms with van der Waals surface area (Å²) >= 11 is 0. The van der Waals surface area contributed by atoms with Crippen molar-refractivity contribution in [1.29, 1.82) is 0 Å². The van der Waals surface area contributed by atoms with Gasteiger partial charge in [-0.1, -0.05) is 0 Å². The lowest BCUT2D eigenvalue weighted by molar-refractivity contribution is 0.560. The molecule has 70 valence electrons. The van der Waals surface area contributed by atoms with Crippen LogP contribution in [0.5, 0.6) is 0 Å². The van der Waals surface area contributed by atoms with Gasteiger partial charge in [0, 0.05) is 19.5 Å². The first-order valence-electron chi connectivity index (χ1n) is 4.52. The summed E-state index contributed by atoms with van der Waals surface area (Å²) < 4.78 is 1.78. The van der Waals surface area contributed by atoms with Gasteiger partial charge in [0.1, 0.15) is 11.5 Å². The van der Waals surface area contributed by atoms with Gasteiger partial charge in [0.15, 0.2) is 0 Å². The minimum atomic E-state index is 0.0532. The summed E-state index contributed by atoms with van der Waals surface area (Å²) in [6.45, 7) is 2.05. The van der Waals surface area contributed by atoms with E-state index in [-0.39, 0.29) is 5.56 Å². The van der Waals surface area contributed by atoms with Crippen LogP contribution in [0.4, 0.5) is 5.69 Å². The van der Waals surface area contributed by atoms with Crippen molar-refractivity contribution >= 4 is 5.69 Å². The van der Waals surface area contributed by atoms with Crippen LogP contribution in [0, 0.1) is 0 Å². The van der Waals surface area contributed by atoms with Crippen LogP contribution >= 0.6 is 0 Å². The molecule has 1 atom stereocenters. The van der Waals surface area contributed by atoms with E-state index in [1.807, 2.05) is 0 Å². The molecule has 1 aromatic rings. The zero-order chi connectivity index (χ0) is 9.42. The van der Waals surface area contributed by atoms with Crippen LogP contribution in [-0.4, -0.2) is 16.6 Å². The Bertz CT molecular complexity index is 383. The van der Waals surface area contributed by atoms with E-state index in [4.69, 9.17) is 0 Å². The summed E-state index contributed by atoms with van der Waals surface area (Å²) in [6, 6.07) is 0.295. The Labute approximate surface area is 76.6 Å². The summed E-state index contributed by atoms with van der Waals surface area (Å²) in [5.74, 6) is 0.913. The predicted octanol–water partition coefficient (Wildman–Crippen LogP) is 0.792. The van der Waals surface area contributed by atoms with Crippen LogP contribution < -0.4 is 10.9 Å². The average Bonchev–Trinajstić information content (AvgIpc) is 2.49. The summed E-state index contributed by atoms with van der Waals surface area (Å²) in [5.41, 5.74) is 0.634. The highest BCUT2D eigenvalue weighted by molar-refractivity contribution is 5.38. The molecule has 1 N–H and O–H groups in total. The van der Waals surface area contributed by atoms with Gasteiger partial charge in [-0.25, -0.2) is 4.98 Å². The molecule has 4 nitrogen and oxygen atoms in total. The number of fused-ring (bicyclic) bond motifs is 1. The van der Waals surface area contributed by atoms with Gasteiger partial charge in [0.2, 0.25) is 0 Å². The van der Waals surface area contributed by atoms with Crippen molar-refractivity contribution < 1.29 is 0 Å². The first-order chi connectivity index (χ1) is 6.24. The Kier molecular flexibility index (Phi) is 1.83. The van der Waals surface area contributed by atoms with Crippen LogP contribution in [0.1, 0.15) is 25.2 Å². The van der Waals surface area contributed by atoms with E-state index >= 15 is 0 Å². The van der Waals surface area contributed by atoms with E-state index in [1.165, 1.54) is 0 Å². The monoisotopic (exact) mass is 179 g/mol. The Hall–Kier alpha value is -1.32. The van der Waals surface area contributed by atoms with Gasteiger partial charge in [-0.05, 0) is 13.3 Å². The van der Waals surface area contributed by atoms with Gasteiger partial charge in [-0.15, -0.1) is 0 Å². The molecule has 0 spiro atoms. The lowest BCUT2D eigenvalue weighted by Crippen LogP contribution is -2.24. The Morgan fingerprint density at radius 2 is 2.46 bits per heavy atom. The number of rotatable bonds is 1. The molecular formula is C9H13N3O. The molecule has 0 aromatic carbocycles. The topological polar surface area (TPSA) is 46.9 Å². The van der Waals surface area contributed by atoms with E-state index in [9.17, 15) is 4.79 Å². The third-order valence-electron chi connectivity index (χ3n) is 2.57. The van der Waals surface area contributed by atoms with E-state index in [1.54, 1.807) is 17.8 Å². The molecule has 0 amide bonds. The van der Waals surface area contributed by atoms with Crippen molar-refractivity contribution in [1.82, 2.24) is 9.55 Å². The fraction of sp³-hybridized carbons (Fsp3) is 0.556. The number of aromatic nitrogens is 2. The SMILES string of the molecule is CNc1cnc2n(c1=O)C(C)CC2. The molecule has 0 saturated carbocycles. The lowest BCUT2D eigenvalue weighted by atomic mass is 10.2. The standard InChI is InChI=1S/C9H13N3O/c1-6-3-4-8-11-5-7(10-2)9(13)12(6)8/h5-6,10H,3-4H2,1-2H3. The molecule has 0 fully saturated rings. The van der Waals surface area contributed by atoms with Crippen molar-refractivity contribution in [2.24, 2.45) is 0 Å². The molecule has 4 heteroatoms. The molecule has 1 aliphatic heterocycles. The quantitative estimate of drug-likeness (QED) is 0.693. The highest BCUT2D eigenvalue weighted by Gasteiger charge is 2.21. The van der Waals surface area contributed by atoms with E-state index in [0.29, 0.717) is 11.7 Å². The van der Waals surface area contributed by atoms with Crippen LogP contribution in [0.2, 0.25) is 0 Å². The largest absolute Gasteiger partial charge is 0.382 e. The van der Waals surface area contributed by atoms with Crippen molar-refractivity contribution in [3.05, 3.63) is 22.4 Å². The highest BCUT2D eigenvalue weighted by Crippen LogP contribution is 2.21. The first kappa shape index (κ1) is 8.29. The lowest BCUT2D eigenvalue weighted by Gasteiger charge is -2.09. The number of anilines is 1. The average molecular weight is 179 g/mol. The summed E-state index contributed by atoms with van der Waals surface area (Å²) in [7, 11) is 1.74. The Morgan fingerprint density at radius 3 is 3.15 bits per heavy atom. The van der Waals surface area contributed by atoms with Gasteiger partial charge in [-0.3, -0.25) is 9.36 Å². The molecule has 13 heavy (non-hydrogen) atoms. The zero-order valence-corrected chi connectivity index (χ0v) is 7.87. The molecule has 0 saturated heterocycles. The number of hydrogen-bond acceptors (Lipinski definition) is 3. The maximum absolute atomic E-state index is 11.8. The van der Waals surface area contributed by atoms with Crippen molar-refractivity contribution in [3.63, 3.8) is 0 Å². The minimum absolute atomic E-state index is 0.0532. The highest BCUT2D eigenvalue weighted by atomic mass is 16.1. The fourth-order valence-electron chi connectivity index (χ4n) is 1.78. The van der Waals surface area contributed by atoms with Gasteiger partial charge in [-0.2, -0.15) is 0 Å². The number of nitrogens with zero attached hydrogens (tertiary/aromatic N) is 2. The molecule has 1 aromatic heterocycles. The number of nitrogens with one attached hydrogen (secondary N) is 1. The second kappa shape index (κ2) is 2.87. The molecule has 1 aliphatic rings. The maximum Gasteiger partial charge on any atom is 0.277 e. The molecule has 0 radical (unpaired) electrons. The van der Waals surface area contributed by atoms with Gasteiger partial charge < -0.3 is 5.32 Å². The van der Waals surface area contributed by atoms with Crippen LogP contribution in [0.25, 0.3) is 0 Å². The van der Waals surface area contributed by atoms with E-state index in [0.717, 1.165) is 18.7 Å². The zero-order valence-electron chi connectivity index (χ0n) is 7.87. The van der Waals surface area contributed by atoms with Gasteiger partial charge in [0.05, 0.1) is 6.20 Å². The molecule has 2 rings (SSSR count).